The van der Waals surface area contributed by atoms with Gasteiger partial charge in [-0.05, 0) is 0 Å². The maximum atomic E-state index is 13.5. The van der Waals surface area contributed by atoms with Crippen LogP contribution in [0.4, 0.5) is 5.69 Å². The predicted molar refractivity (Wildman–Crippen MR) is 136 cm³/mol. The van der Waals surface area contributed by atoms with Crippen LogP contribution in [-0.4, -0.2) is 33.0 Å². The van der Waals surface area contributed by atoms with E-state index >= 15 is 0 Å². The summed E-state index contributed by atoms with van der Waals surface area (Å²) in [5.74, 6) is 0.794. The number of alkyl halides is 2. The Morgan fingerprint density at radius 2 is 1.72 bits per heavy atom. The molecule has 3 aromatic rings. The molecule has 3 aromatic carbocycles. The summed E-state index contributed by atoms with van der Waals surface area (Å²) < 4.78 is 37.9. The summed E-state index contributed by atoms with van der Waals surface area (Å²) in [6.45, 7) is 0. The Labute approximate surface area is 198 Å². The first-order valence-electron chi connectivity index (χ1n) is 9.52. The van der Waals surface area contributed by atoms with Gasteiger partial charge >= 0.3 is 199 Å². The van der Waals surface area contributed by atoms with E-state index in [1.807, 2.05) is 0 Å². The van der Waals surface area contributed by atoms with E-state index in [9.17, 15) is 13.2 Å². The van der Waals surface area contributed by atoms with Crippen LogP contribution < -0.4 is 14.8 Å². The number of ether oxygens (including phenoxy) is 2. The van der Waals surface area contributed by atoms with Crippen LogP contribution in [0.3, 0.4) is 0 Å². The van der Waals surface area contributed by atoms with Gasteiger partial charge in [0.05, 0.1) is 0 Å². The van der Waals surface area contributed by atoms with Crippen molar-refractivity contribution in [3.8, 4) is 11.5 Å². The molecule has 0 saturated carbocycles. The van der Waals surface area contributed by atoms with Crippen LogP contribution in [0.2, 0.25) is 5.02 Å². The molecule has 0 aliphatic heterocycles. The molecule has 0 heterocycles. The molecule has 1 amide bonds. The van der Waals surface area contributed by atoms with E-state index in [0.717, 1.165) is 0 Å². The van der Waals surface area contributed by atoms with E-state index in [-0.39, 0.29) is 19.7 Å². The third-order valence-corrected chi connectivity index (χ3v) is 17.2. The molecule has 1 N–H and O–H groups in total. The summed E-state index contributed by atoms with van der Waals surface area (Å²) in [4.78, 5) is 13.1. The molecule has 0 unspecified atom stereocenters. The second-order valence-corrected chi connectivity index (χ2v) is 18.7. The number of methoxy groups -OCH3 is 2. The molecule has 0 aliphatic rings. The van der Waals surface area contributed by atoms with Crippen LogP contribution in [0, 0.1) is 0 Å². The number of carbonyl (C=O) groups is 1. The number of anilines is 1. The summed E-state index contributed by atoms with van der Waals surface area (Å²) in [5, 5.41) is 3.25. The second kappa shape index (κ2) is 11.0. The number of halogens is 2. The van der Waals surface area contributed by atoms with Crippen LogP contribution >= 0.6 is 30.0 Å². The van der Waals surface area contributed by atoms with E-state index in [1.165, 1.54) is 7.11 Å². The number of hydrogen-bond acceptors (Lipinski definition) is 5. The van der Waals surface area contributed by atoms with Crippen molar-refractivity contribution in [2.24, 2.45) is 0 Å². The van der Waals surface area contributed by atoms with Crippen LogP contribution in [0.5, 0.6) is 11.5 Å². The average molecular weight is 588 g/mol. The van der Waals surface area contributed by atoms with Gasteiger partial charge in [0.25, 0.3) is 0 Å². The standard InChI is InChI=1S/C23H23ClINO5S/c1-30-20-11-12-22(31-2)17(13-20)15-25(32(28,29)21-9-4-3-5-10-21)16-23(27)26-19-8-6-7-18(24)14-19/h3-14H,15-16H2,1-2H3,(H,26,27). The van der Waals surface area contributed by atoms with E-state index in [4.69, 9.17) is 21.1 Å². The summed E-state index contributed by atoms with van der Waals surface area (Å²) in [6.07, 6.45) is 0. The summed E-state index contributed by atoms with van der Waals surface area (Å²) in [7, 11) is -0.594. The van der Waals surface area contributed by atoms with Crippen molar-refractivity contribution in [2.45, 2.75) is 9.32 Å². The molecule has 3 rings (SSSR count). The van der Waals surface area contributed by atoms with Crippen molar-refractivity contribution < 1.29 is 22.7 Å². The van der Waals surface area contributed by atoms with Gasteiger partial charge in [-0.2, -0.15) is 0 Å². The van der Waals surface area contributed by atoms with Crippen LogP contribution in [0.1, 0.15) is 5.56 Å². The molecular weight excluding hydrogens is 565 g/mol. The number of carbonyl (C=O) groups excluding carboxylic acids is 1. The number of nitrogens with one attached hydrogen (secondary N) is 1. The second-order valence-electron chi connectivity index (χ2n) is 6.66. The zero-order valence-corrected chi connectivity index (χ0v) is 21.3. The maximum absolute atomic E-state index is 13.5. The molecule has 0 fully saturated rings. The van der Waals surface area contributed by atoms with Gasteiger partial charge in [0.1, 0.15) is 0 Å². The average Bonchev–Trinajstić information content (AvgIpc) is 2.79. The van der Waals surface area contributed by atoms with Gasteiger partial charge in [-0.25, -0.2) is 0 Å². The normalized spacial score (nSPS) is 11.5. The molecule has 0 saturated heterocycles. The zero-order chi connectivity index (χ0) is 23.1. The minimum absolute atomic E-state index is 0.0893. The Balaban J connectivity index is 1.94. The van der Waals surface area contributed by atoms with Crippen molar-refractivity contribution in [3.63, 3.8) is 0 Å². The van der Waals surface area contributed by atoms with E-state index in [2.05, 4.69) is 5.32 Å². The van der Waals surface area contributed by atoms with Crippen LogP contribution in [0.15, 0.2) is 77.7 Å². The Morgan fingerprint density at radius 1 is 0.969 bits per heavy atom. The van der Waals surface area contributed by atoms with E-state index < -0.39 is 25.4 Å². The zero-order valence-electron chi connectivity index (χ0n) is 17.5. The molecule has 170 valence electrons. The van der Waals surface area contributed by atoms with Crippen molar-refractivity contribution >= 4 is 48.6 Å². The van der Waals surface area contributed by atoms with Gasteiger partial charge in [-0.1, -0.05) is 0 Å². The molecule has 32 heavy (non-hydrogen) atoms. The first-order chi connectivity index (χ1) is 15.3. The van der Waals surface area contributed by atoms with Gasteiger partial charge in [0.15, 0.2) is 0 Å². The van der Waals surface area contributed by atoms with Gasteiger partial charge in [0.2, 0.25) is 0 Å². The number of benzene rings is 3. The molecule has 0 radical (unpaired) electrons. The van der Waals surface area contributed by atoms with Crippen molar-refractivity contribution in [1.29, 1.82) is 0 Å². The molecular formula is C23H23ClINO5S. The van der Waals surface area contributed by atoms with E-state index in [1.54, 1.807) is 79.9 Å². The first-order valence-corrected chi connectivity index (χ1v) is 17.0. The molecule has 0 spiro atoms. The van der Waals surface area contributed by atoms with Crippen molar-refractivity contribution in [1.82, 2.24) is 0 Å². The SMILES string of the molecule is COc1ccc(OC)c(CI(CC(=O)Nc2cccc(Cl)c2)S(=O)(=O)c2ccccc2)c1. The molecule has 0 aliphatic carbocycles. The van der Waals surface area contributed by atoms with E-state index in [0.29, 0.717) is 27.8 Å². The molecule has 6 nitrogen and oxygen atoms in total. The monoisotopic (exact) mass is 587 g/mol. The molecule has 0 aromatic heterocycles. The van der Waals surface area contributed by atoms with Gasteiger partial charge in [0, 0.05) is 0 Å². The van der Waals surface area contributed by atoms with Gasteiger partial charge < -0.3 is 0 Å². The third-order valence-electron chi connectivity index (χ3n) is 4.47. The van der Waals surface area contributed by atoms with Crippen LogP contribution in [-0.2, 0) is 16.2 Å². The Kier molecular flexibility index (Phi) is 8.38. The Morgan fingerprint density at radius 3 is 2.38 bits per heavy atom. The predicted octanol–water partition coefficient (Wildman–Crippen LogP) is 5.39. The number of rotatable bonds is 9. The summed E-state index contributed by atoms with van der Waals surface area (Å²) in [6, 6.07) is 20.2. The van der Waals surface area contributed by atoms with Crippen molar-refractivity contribution in [2.75, 3.05) is 24.0 Å². The summed E-state index contributed by atoms with van der Waals surface area (Å²) >= 11 is 2.98. The van der Waals surface area contributed by atoms with Gasteiger partial charge in [-0.15, -0.1) is 0 Å². The fourth-order valence-electron chi connectivity index (χ4n) is 2.94. The quantitative estimate of drug-likeness (QED) is 0.206. The van der Waals surface area contributed by atoms with Gasteiger partial charge in [-0.3, -0.25) is 0 Å². The molecule has 0 bridgehead atoms. The fourth-order valence-corrected chi connectivity index (χ4v) is 13.9. The topological polar surface area (TPSA) is 81.7 Å². The number of hydrogen-bond donors (Lipinski definition) is 1. The first kappa shape index (κ1) is 24.3. The van der Waals surface area contributed by atoms with Crippen molar-refractivity contribution in [3.05, 3.63) is 83.4 Å². The van der Waals surface area contributed by atoms with Crippen LogP contribution in [0.25, 0.3) is 0 Å². The minimum atomic E-state index is -3.67. The Bertz CT molecular complexity index is 1190. The molecule has 9 heteroatoms. The summed E-state index contributed by atoms with van der Waals surface area (Å²) in [5.41, 5.74) is 1.22. The molecule has 0 atom stereocenters. The fraction of sp³-hybridized carbons (Fsp3) is 0.174. The number of amides is 1. The third kappa shape index (κ3) is 6.14. The Hall–Kier alpha value is -2.30.